The van der Waals surface area contributed by atoms with E-state index in [1.54, 1.807) is 24.3 Å². The Bertz CT molecular complexity index is 4120. The molecule has 0 N–H and O–H groups in total. The van der Waals surface area contributed by atoms with Gasteiger partial charge in [0, 0.05) is 43.9 Å². The summed E-state index contributed by atoms with van der Waals surface area (Å²) in [6, 6.07) is 77.3. The van der Waals surface area contributed by atoms with Crippen LogP contribution in [0.2, 0.25) is 0 Å². The molecule has 3 aromatic heterocycles. The van der Waals surface area contributed by atoms with Gasteiger partial charge in [0.2, 0.25) is 0 Å². The highest BCUT2D eigenvalue weighted by Crippen LogP contribution is 2.40. The molecule has 0 fully saturated rings. The zero-order chi connectivity index (χ0) is 47.3. The highest BCUT2D eigenvalue weighted by molar-refractivity contribution is 6.12. The second kappa shape index (κ2) is 16.8. The van der Waals surface area contributed by atoms with Crippen LogP contribution >= 0.6 is 0 Å². The number of nitriles is 4. The summed E-state index contributed by atoms with van der Waals surface area (Å²) in [4.78, 5) is 9.81. The molecule has 0 aliphatic heterocycles. The fourth-order valence-electron chi connectivity index (χ4n) is 9.79. The molecule has 0 atom stereocenters. The van der Waals surface area contributed by atoms with Gasteiger partial charge in [-0.1, -0.05) is 127 Å². The zero-order valence-corrected chi connectivity index (χ0v) is 37.2. The molecule has 0 aliphatic rings. The van der Waals surface area contributed by atoms with Crippen molar-refractivity contribution in [2.45, 2.75) is 0 Å². The summed E-state index contributed by atoms with van der Waals surface area (Å²) < 4.78 is 4.37. The van der Waals surface area contributed by atoms with Gasteiger partial charge in [-0.05, 0) is 101 Å². The SMILES string of the molecule is N#Cc1cccc(-c2cc(-c3ccc(-c4ccc(-c5cc(C#N)c(-n6c7ccccc7c7cc(-n8c9ccccc9c9ccccc98)ccc76)c(C#N)c5)cc4)cc3)nc(-c3cccc(C#N)c3)n2)c1. The lowest BCUT2D eigenvalue weighted by molar-refractivity contribution is 1.15. The largest absolute Gasteiger partial charge is 0.309 e. The van der Waals surface area contributed by atoms with E-state index in [2.05, 4.69) is 106 Å². The number of nitrogens with zero attached hydrogens (tertiary/aromatic N) is 8. The van der Waals surface area contributed by atoms with Crippen molar-refractivity contribution in [3.63, 3.8) is 0 Å². The molecule has 12 rings (SSSR count). The molecule has 0 amide bonds. The molecule has 0 saturated carbocycles. The Kier molecular flexibility index (Phi) is 9.86. The highest BCUT2D eigenvalue weighted by atomic mass is 15.0. The first-order chi connectivity index (χ1) is 34.5. The minimum absolute atomic E-state index is 0.398. The minimum Gasteiger partial charge on any atom is -0.309 e. The maximum Gasteiger partial charge on any atom is 0.160 e. The molecule has 322 valence electrons. The summed E-state index contributed by atoms with van der Waals surface area (Å²) >= 11 is 0. The lowest BCUT2D eigenvalue weighted by Crippen LogP contribution is -2.02. The van der Waals surface area contributed by atoms with Crippen molar-refractivity contribution in [3.8, 4) is 91.8 Å². The van der Waals surface area contributed by atoms with Crippen LogP contribution in [0.3, 0.4) is 0 Å². The third kappa shape index (κ3) is 6.90. The zero-order valence-electron chi connectivity index (χ0n) is 37.2. The van der Waals surface area contributed by atoms with Gasteiger partial charge in [-0.2, -0.15) is 21.0 Å². The van der Waals surface area contributed by atoms with E-state index in [0.29, 0.717) is 50.7 Å². The molecule has 0 aliphatic carbocycles. The number of para-hydroxylation sites is 3. The molecule has 0 unspecified atom stereocenters. The van der Waals surface area contributed by atoms with Crippen molar-refractivity contribution in [2.24, 2.45) is 0 Å². The Morgan fingerprint density at radius 3 is 1.33 bits per heavy atom. The fourth-order valence-corrected chi connectivity index (χ4v) is 9.79. The predicted octanol–water partition coefficient (Wildman–Crippen LogP) is 14.5. The van der Waals surface area contributed by atoms with E-state index in [1.807, 2.05) is 109 Å². The average Bonchev–Trinajstić information content (AvgIpc) is 3.95. The van der Waals surface area contributed by atoms with Gasteiger partial charge in [0.1, 0.15) is 12.1 Å². The van der Waals surface area contributed by atoms with E-state index in [-0.39, 0.29) is 0 Å². The van der Waals surface area contributed by atoms with E-state index in [9.17, 15) is 21.0 Å². The quantitative estimate of drug-likeness (QED) is 0.157. The Hall–Kier alpha value is -10.4. The van der Waals surface area contributed by atoms with Crippen molar-refractivity contribution < 1.29 is 0 Å². The van der Waals surface area contributed by atoms with E-state index >= 15 is 0 Å². The highest BCUT2D eigenvalue weighted by Gasteiger charge is 2.21. The average molecular weight is 891 g/mol. The summed E-state index contributed by atoms with van der Waals surface area (Å²) in [5, 5.41) is 45.2. The lowest BCUT2D eigenvalue weighted by Gasteiger charge is -2.15. The van der Waals surface area contributed by atoms with Crippen LogP contribution in [0.1, 0.15) is 22.3 Å². The van der Waals surface area contributed by atoms with Crippen molar-refractivity contribution >= 4 is 43.6 Å². The van der Waals surface area contributed by atoms with Gasteiger partial charge in [0.25, 0.3) is 0 Å². The van der Waals surface area contributed by atoms with Gasteiger partial charge in [-0.25, -0.2) is 9.97 Å². The van der Waals surface area contributed by atoms with Crippen LogP contribution in [0, 0.1) is 45.3 Å². The molecule has 70 heavy (non-hydrogen) atoms. The smallest absolute Gasteiger partial charge is 0.160 e. The molecule has 0 spiro atoms. The molecular weight excluding hydrogens is 857 g/mol. The topological polar surface area (TPSA) is 131 Å². The second-order valence-electron chi connectivity index (χ2n) is 17.1. The first kappa shape index (κ1) is 41.1. The standard InChI is InChI=1S/C62H34N8/c63-35-39-9-7-11-45(29-39)56-34-55(67-62(68-56)46-12-8-10-40(30-46)36-64)44-25-23-42(24-26-44)41-19-21-43(22-20-41)47-31-48(37-65)61(49(32-47)38-66)70-59-18-6-3-15-53(59)54-33-50(27-28-60(54)70)69-57-16-4-1-13-51(57)52-14-2-5-17-58(52)69/h1-34H. The number of hydrogen-bond donors (Lipinski definition) is 0. The van der Waals surface area contributed by atoms with Gasteiger partial charge >= 0.3 is 0 Å². The van der Waals surface area contributed by atoms with Crippen LogP contribution in [0.4, 0.5) is 0 Å². The van der Waals surface area contributed by atoms with E-state index in [4.69, 9.17) is 9.97 Å². The Labute approximate surface area is 402 Å². The third-order valence-corrected chi connectivity index (χ3v) is 13.1. The monoisotopic (exact) mass is 890 g/mol. The molecule has 3 heterocycles. The summed E-state index contributed by atoms with van der Waals surface area (Å²) in [5.41, 5.74) is 14.8. The van der Waals surface area contributed by atoms with Crippen LogP contribution in [0.25, 0.3) is 111 Å². The first-order valence-corrected chi connectivity index (χ1v) is 22.6. The van der Waals surface area contributed by atoms with Crippen molar-refractivity contribution in [2.75, 3.05) is 0 Å². The predicted molar refractivity (Wildman–Crippen MR) is 277 cm³/mol. The molecule has 0 bridgehead atoms. The van der Waals surface area contributed by atoms with Crippen LogP contribution in [-0.2, 0) is 0 Å². The maximum atomic E-state index is 10.8. The molecule has 0 radical (unpaired) electrons. The van der Waals surface area contributed by atoms with E-state index < -0.39 is 0 Å². The molecule has 0 saturated heterocycles. The lowest BCUT2D eigenvalue weighted by atomic mass is 9.95. The van der Waals surface area contributed by atoms with Gasteiger partial charge in [0.15, 0.2) is 5.82 Å². The van der Waals surface area contributed by atoms with Crippen LogP contribution in [-0.4, -0.2) is 19.1 Å². The first-order valence-electron chi connectivity index (χ1n) is 22.6. The van der Waals surface area contributed by atoms with Crippen molar-refractivity contribution in [3.05, 3.63) is 229 Å². The fraction of sp³-hybridized carbons (Fsp3) is 0. The van der Waals surface area contributed by atoms with Crippen molar-refractivity contribution in [1.29, 1.82) is 21.0 Å². The Morgan fingerprint density at radius 2 is 0.771 bits per heavy atom. The second-order valence-corrected chi connectivity index (χ2v) is 17.1. The van der Waals surface area contributed by atoms with Crippen LogP contribution in [0.5, 0.6) is 0 Å². The van der Waals surface area contributed by atoms with E-state index in [1.165, 1.54) is 10.8 Å². The summed E-state index contributed by atoms with van der Waals surface area (Å²) in [5.74, 6) is 0.471. The van der Waals surface area contributed by atoms with Crippen molar-refractivity contribution in [1.82, 2.24) is 19.1 Å². The molecule has 8 heteroatoms. The summed E-state index contributed by atoms with van der Waals surface area (Å²) in [6.07, 6.45) is 0. The van der Waals surface area contributed by atoms with Crippen LogP contribution in [0.15, 0.2) is 206 Å². The molecular formula is C62H34N8. The number of hydrogen-bond acceptors (Lipinski definition) is 6. The number of benzene rings is 9. The minimum atomic E-state index is 0.398. The van der Waals surface area contributed by atoms with Gasteiger partial charge in [-0.15, -0.1) is 0 Å². The maximum absolute atomic E-state index is 10.8. The normalized spacial score (nSPS) is 11.1. The van der Waals surface area contributed by atoms with E-state index in [0.717, 1.165) is 71.9 Å². The molecule has 12 aromatic rings. The summed E-state index contributed by atoms with van der Waals surface area (Å²) in [7, 11) is 0. The number of fused-ring (bicyclic) bond motifs is 6. The number of rotatable bonds is 7. The molecule has 9 aromatic carbocycles. The van der Waals surface area contributed by atoms with Gasteiger partial charge in [0.05, 0.1) is 73.5 Å². The molecule has 8 nitrogen and oxygen atoms in total. The Balaban J connectivity index is 0.887. The Morgan fingerprint density at radius 1 is 0.314 bits per heavy atom. The number of aromatic nitrogens is 4. The summed E-state index contributed by atoms with van der Waals surface area (Å²) in [6.45, 7) is 0. The van der Waals surface area contributed by atoms with Gasteiger partial charge < -0.3 is 9.13 Å². The van der Waals surface area contributed by atoms with Crippen LogP contribution < -0.4 is 0 Å². The van der Waals surface area contributed by atoms with Gasteiger partial charge in [-0.3, -0.25) is 0 Å². The third-order valence-electron chi connectivity index (χ3n) is 13.1.